The Morgan fingerprint density at radius 1 is 1.42 bits per heavy atom. The number of halogens is 1. The summed E-state index contributed by atoms with van der Waals surface area (Å²) in [5, 5.41) is 0. The monoisotopic (exact) mass is 165 g/mol. The first-order valence-corrected chi connectivity index (χ1v) is 4.27. The lowest BCUT2D eigenvalue weighted by atomic mass is 10.1. The molecule has 64 valence electrons. The van der Waals surface area contributed by atoms with Gasteiger partial charge in [0, 0.05) is 5.69 Å². The second-order valence-corrected chi connectivity index (χ2v) is 3.41. The zero-order chi connectivity index (χ0) is 8.55. The van der Waals surface area contributed by atoms with Gasteiger partial charge in [0.15, 0.2) is 0 Å². The molecule has 1 aromatic carbocycles. The Balaban J connectivity index is 2.20. The van der Waals surface area contributed by atoms with Gasteiger partial charge in [-0.15, -0.1) is 0 Å². The number of alkyl halides is 1. The third-order valence-corrected chi connectivity index (χ3v) is 2.27. The van der Waals surface area contributed by atoms with Crippen LogP contribution in [0.3, 0.4) is 0 Å². The molecule has 0 heterocycles. The molecule has 1 aromatic rings. The first-order chi connectivity index (χ1) is 5.77. The molecule has 12 heavy (non-hydrogen) atoms. The molecular formula is C10H12FN. The zero-order valence-corrected chi connectivity index (χ0v) is 6.83. The lowest BCUT2D eigenvalue weighted by molar-refractivity contribution is 0.306. The van der Waals surface area contributed by atoms with Gasteiger partial charge >= 0.3 is 0 Å². The maximum Gasteiger partial charge on any atom is 0.128 e. The topological polar surface area (TPSA) is 26.0 Å². The van der Waals surface area contributed by atoms with Gasteiger partial charge in [0.1, 0.15) is 6.17 Å². The van der Waals surface area contributed by atoms with Crippen LogP contribution < -0.4 is 5.73 Å². The fourth-order valence-electron chi connectivity index (χ4n) is 1.39. The summed E-state index contributed by atoms with van der Waals surface area (Å²) in [6, 6.07) is 7.12. The molecule has 2 rings (SSSR count). The average molecular weight is 165 g/mol. The quantitative estimate of drug-likeness (QED) is 0.670. The summed E-state index contributed by atoms with van der Waals surface area (Å²) in [6.45, 7) is 0. The van der Waals surface area contributed by atoms with Gasteiger partial charge in [0.25, 0.3) is 0 Å². The summed E-state index contributed by atoms with van der Waals surface area (Å²) < 4.78 is 13.4. The van der Waals surface area contributed by atoms with Crippen LogP contribution in [0.4, 0.5) is 10.1 Å². The molecule has 1 nitrogen and oxygen atoms in total. The number of benzene rings is 1. The molecule has 2 N–H and O–H groups in total. The maximum atomic E-state index is 13.4. The highest BCUT2D eigenvalue weighted by molar-refractivity contribution is 5.41. The van der Waals surface area contributed by atoms with E-state index >= 15 is 0 Å². The van der Waals surface area contributed by atoms with Crippen molar-refractivity contribution in [3.63, 3.8) is 0 Å². The van der Waals surface area contributed by atoms with Crippen LogP contribution in [-0.4, -0.2) is 0 Å². The van der Waals surface area contributed by atoms with Crippen molar-refractivity contribution < 1.29 is 4.39 Å². The minimum atomic E-state index is -0.798. The summed E-state index contributed by atoms with van der Waals surface area (Å²) in [6.07, 6.45) is 1.25. The van der Waals surface area contributed by atoms with Crippen molar-refractivity contribution in [3.8, 4) is 0 Å². The normalized spacial score (nSPS) is 19.1. The fourth-order valence-corrected chi connectivity index (χ4v) is 1.39. The molecule has 0 saturated heterocycles. The van der Waals surface area contributed by atoms with E-state index < -0.39 is 6.17 Å². The SMILES string of the molecule is Nc1cccc(C(F)C2CC2)c1. The lowest BCUT2D eigenvalue weighted by Gasteiger charge is -2.06. The van der Waals surface area contributed by atoms with Gasteiger partial charge in [-0.05, 0) is 36.5 Å². The minimum absolute atomic E-state index is 0.256. The summed E-state index contributed by atoms with van der Waals surface area (Å²) in [7, 11) is 0. The van der Waals surface area contributed by atoms with Gasteiger partial charge in [-0.25, -0.2) is 4.39 Å². The third-order valence-electron chi connectivity index (χ3n) is 2.27. The largest absolute Gasteiger partial charge is 0.399 e. The molecule has 1 aliphatic rings. The Kier molecular flexibility index (Phi) is 1.75. The van der Waals surface area contributed by atoms with Crippen molar-refractivity contribution in [2.45, 2.75) is 19.0 Å². The molecule has 1 saturated carbocycles. The molecule has 1 atom stereocenters. The van der Waals surface area contributed by atoms with E-state index in [9.17, 15) is 4.39 Å². The highest BCUT2D eigenvalue weighted by Gasteiger charge is 2.32. The smallest absolute Gasteiger partial charge is 0.128 e. The van der Waals surface area contributed by atoms with Crippen LogP contribution >= 0.6 is 0 Å². The predicted molar refractivity (Wildman–Crippen MR) is 47.4 cm³/mol. The van der Waals surface area contributed by atoms with Crippen molar-refractivity contribution >= 4 is 5.69 Å². The highest BCUT2D eigenvalue weighted by Crippen LogP contribution is 2.43. The van der Waals surface area contributed by atoms with E-state index in [1.165, 1.54) is 0 Å². The predicted octanol–water partition coefficient (Wildman–Crippen LogP) is 2.69. The molecule has 0 aromatic heterocycles. The van der Waals surface area contributed by atoms with Gasteiger partial charge in [-0.2, -0.15) is 0 Å². The van der Waals surface area contributed by atoms with Crippen LogP contribution in [0.1, 0.15) is 24.6 Å². The Bertz CT molecular complexity index is 281. The molecule has 0 bridgehead atoms. The molecule has 1 aliphatic carbocycles. The molecule has 1 fully saturated rings. The number of hydrogen-bond donors (Lipinski definition) is 1. The van der Waals surface area contributed by atoms with Crippen LogP contribution in [0, 0.1) is 5.92 Å². The summed E-state index contributed by atoms with van der Waals surface area (Å²) in [4.78, 5) is 0. The van der Waals surface area contributed by atoms with E-state index in [1.807, 2.05) is 0 Å². The highest BCUT2D eigenvalue weighted by atomic mass is 19.1. The van der Waals surface area contributed by atoms with Crippen LogP contribution in [0.5, 0.6) is 0 Å². The van der Waals surface area contributed by atoms with Crippen molar-refractivity contribution in [1.29, 1.82) is 0 Å². The number of rotatable bonds is 2. The standard InChI is InChI=1S/C10H12FN/c11-10(7-4-5-7)8-2-1-3-9(12)6-8/h1-3,6-7,10H,4-5,12H2. The second-order valence-electron chi connectivity index (χ2n) is 3.41. The molecule has 0 radical (unpaired) electrons. The number of anilines is 1. The lowest BCUT2D eigenvalue weighted by Crippen LogP contribution is -1.95. The minimum Gasteiger partial charge on any atom is -0.399 e. The Morgan fingerprint density at radius 3 is 2.75 bits per heavy atom. The summed E-state index contributed by atoms with van der Waals surface area (Å²) >= 11 is 0. The van der Waals surface area contributed by atoms with Crippen LogP contribution in [0.25, 0.3) is 0 Å². The maximum absolute atomic E-state index is 13.4. The van der Waals surface area contributed by atoms with Crippen LogP contribution in [-0.2, 0) is 0 Å². The van der Waals surface area contributed by atoms with E-state index in [4.69, 9.17) is 5.73 Å². The molecule has 1 unspecified atom stereocenters. The van der Waals surface area contributed by atoms with Gasteiger partial charge in [-0.1, -0.05) is 12.1 Å². The van der Waals surface area contributed by atoms with E-state index in [0.717, 1.165) is 18.4 Å². The zero-order valence-electron chi connectivity index (χ0n) is 6.83. The van der Waals surface area contributed by atoms with Crippen molar-refractivity contribution in [3.05, 3.63) is 29.8 Å². The Hall–Kier alpha value is -1.05. The molecule has 0 amide bonds. The van der Waals surface area contributed by atoms with Crippen molar-refractivity contribution in [2.24, 2.45) is 5.92 Å². The first-order valence-electron chi connectivity index (χ1n) is 4.27. The van der Waals surface area contributed by atoms with Gasteiger partial charge in [0.05, 0.1) is 0 Å². The molecule has 2 heteroatoms. The Morgan fingerprint density at radius 2 is 2.17 bits per heavy atom. The molecular weight excluding hydrogens is 153 g/mol. The van der Waals surface area contributed by atoms with Gasteiger partial charge < -0.3 is 5.73 Å². The van der Waals surface area contributed by atoms with E-state index in [0.29, 0.717) is 5.69 Å². The summed E-state index contributed by atoms with van der Waals surface area (Å²) in [5.74, 6) is 0.256. The first kappa shape index (κ1) is 7.59. The molecule has 0 spiro atoms. The van der Waals surface area contributed by atoms with E-state index in [-0.39, 0.29) is 5.92 Å². The number of nitrogen functional groups attached to an aromatic ring is 1. The Labute approximate surface area is 71.4 Å². The third kappa shape index (κ3) is 1.42. The molecule has 0 aliphatic heterocycles. The van der Waals surface area contributed by atoms with E-state index in [2.05, 4.69) is 0 Å². The van der Waals surface area contributed by atoms with Crippen molar-refractivity contribution in [1.82, 2.24) is 0 Å². The number of nitrogens with two attached hydrogens (primary N) is 1. The van der Waals surface area contributed by atoms with Crippen LogP contribution in [0.2, 0.25) is 0 Å². The van der Waals surface area contributed by atoms with Gasteiger partial charge in [-0.3, -0.25) is 0 Å². The second kappa shape index (κ2) is 2.77. The number of hydrogen-bond acceptors (Lipinski definition) is 1. The van der Waals surface area contributed by atoms with Crippen molar-refractivity contribution in [2.75, 3.05) is 5.73 Å². The average Bonchev–Trinajstić information content (AvgIpc) is 2.85. The van der Waals surface area contributed by atoms with E-state index in [1.54, 1.807) is 24.3 Å². The van der Waals surface area contributed by atoms with Gasteiger partial charge in [0.2, 0.25) is 0 Å². The van der Waals surface area contributed by atoms with Crippen LogP contribution in [0.15, 0.2) is 24.3 Å². The summed E-state index contributed by atoms with van der Waals surface area (Å²) in [5.41, 5.74) is 6.93. The fraction of sp³-hybridized carbons (Fsp3) is 0.400.